The summed E-state index contributed by atoms with van der Waals surface area (Å²) in [6, 6.07) is 8.41. The fourth-order valence-electron chi connectivity index (χ4n) is 2.72. The Morgan fingerprint density at radius 2 is 1.82 bits per heavy atom. The third-order valence-corrected chi connectivity index (χ3v) is 3.99. The molecule has 0 spiro atoms. The van der Waals surface area contributed by atoms with Crippen molar-refractivity contribution in [2.24, 2.45) is 0 Å². The van der Waals surface area contributed by atoms with Crippen LogP contribution in [0, 0.1) is 0 Å². The number of hydrogen-bond acceptors (Lipinski definition) is 5. The largest absolute Gasteiger partial charge is 0.445 e. The summed E-state index contributed by atoms with van der Waals surface area (Å²) in [6.07, 6.45) is -1.21. The Balaban J connectivity index is 1.97. The number of rotatable bonds is 5. The first-order valence-electron chi connectivity index (χ1n) is 9.00. The van der Waals surface area contributed by atoms with Gasteiger partial charge in [0.2, 0.25) is 0 Å². The molecule has 1 fully saturated rings. The number of hydrogen-bond donors (Lipinski definition) is 0. The Morgan fingerprint density at radius 3 is 2.43 bits per heavy atom. The Labute approximate surface area is 163 Å². The Hall–Kier alpha value is -2.42. The van der Waals surface area contributed by atoms with Gasteiger partial charge in [-0.2, -0.15) is 8.78 Å². The molecule has 28 heavy (non-hydrogen) atoms. The monoisotopic (exact) mass is 400 g/mol. The second-order valence-corrected chi connectivity index (χ2v) is 7.41. The molecule has 1 atom stereocenters. The van der Waals surface area contributed by atoms with Gasteiger partial charge in [-0.1, -0.05) is 30.3 Å². The zero-order chi connectivity index (χ0) is 20.7. The molecule has 1 heterocycles. The van der Waals surface area contributed by atoms with Gasteiger partial charge in [-0.25, -0.2) is 9.59 Å². The smallest absolute Gasteiger partial charge is 0.410 e. The van der Waals surface area contributed by atoms with Gasteiger partial charge in [0, 0.05) is 19.6 Å². The van der Waals surface area contributed by atoms with Gasteiger partial charge in [0.1, 0.15) is 12.2 Å². The average Bonchev–Trinajstić information content (AvgIpc) is 2.63. The van der Waals surface area contributed by atoms with Crippen molar-refractivity contribution in [3.63, 3.8) is 0 Å². The minimum Gasteiger partial charge on any atom is -0.445 e. The summed E-state index contributed by atoms with van der Waals surface area (Å²) >= 11 is 0. The van der Waals surface area contributed by atoms with E-state index in [1.807, 2.05) is 30.3 Å². The van der Waals surface area contributed by atoms with E-state index in [0.29, 0.717) is 0 Å². The normalized spacial score (nSPS) is 17.6. The maximum Gasteiger partial charge on any atom is 0.410 e. The molecule has 0 radical (unpaired) electrons. The number of benzene rings is 1. The van der Waals surface area contributed by atoms with Crippen LogP contribution in [0.1, 0.15) is 26.3 Å². The predicted octanol–water partition coefficient (Wildman–Crippen LogP) is 3.48. The Morgan fingerprint density at radius 1 is 1.14 bits per heavy atom. The summed E-state index contributed by atoms with van der Waals surface area (Å²) in [4.78, 5) is 27.4. The molecule has 9 heteroatoms. The first kappa shape index (κ1) is 21.9. The van der Waals surface area contributed by atoms with Gasteiger partial charge in [0.15, 0.2) is 0 Å². The molecule has 0 unspecified atom stereocenters. The minimum atomic E-state index is -2.97. The molecule has 0 aliphatic carbocycles. The standard InChI is InChI=1S/C19H26F2N2O5/c1-19(2,3)28-18(25)23-10-9-22(11-15(23)13-26-16(20)21)17(24)27-12-14-7-5-4-6-8-14/h4-8,15-16H,9-13H2,1-3H3/t15-/m0/s1. The molecule has 7 nitrogen and oxygen atoms in total. The van der Waals surface area contributed by atoms with Gasteiger partial charge in [-0.15, -0.1) is 0 Å². The molecule has 1 aliphatic rings. The summed E-state index contributed by atoms with van der Waals surface area (Å²) < 4.78 is 40.0. The van der Waals surface area contributed by atoms with E-state index in [9.17, 15) is 18.4 Å². The van der Waals surface area contributed by atoms with E-state index < -0.39 is 37.0 Å². The lowest BCUT2D eigenvalue weighted by Gasteiger charge is -2.40. The van der Waals surface area contributed by atoms with Crippen molar-refractivity contribution in [1.29, 1.82) is 0 Å². The SMILES string of the molecule is CC(C)(C)OC(=O)N1CCN(C(=O)OCc2ccccc2)C[C@H]1COC(F)F. The molecule has 2 amide bonds. The van der Waals surface area contributed by atoms with Crippen LogP contribution in [0.4, 0.5) is 18.4 Å². The fourth-order valence-corrected chi connectivity index (χ4v) is 2.72. The van der Waals surface area contributed by atoms with Gasteiger partial charge >= 0.3 is 18.8 Å². The average molecular weight is 400 g/mol. The van der Waals surface area contributed by atoms with E-state index in [2.05, 4.69) is 4.74 Å². The quantitative estimate of drug-likeness (QED) is 0.757. The summed E-state index contributed by atoms with van der Waals surface area (Å²) in [6.45, 7) is 2.21. The van der Waals surface area contributed by atoms with Crippen molar-refractivity contribution in [2.75, 3.05) is 26.2 Å². The van der Waals surface area contributed by atoms with Crippen LogP contribution in [0.5, 0.6) is 0 Å². The van der Waals surface area contributed by atoms with Gasteiger partial charge in [-0.3, -0.25) is 4.90 Å². The van der Waals surface area contributed by atoms with E-state index in [0.717, 1.165) is 5.56 Å². The van der Waals surface area contributed by atoms with E-state index in [4.69, 9.17) is 9.47 Å². The van der Waals surface area contributed by atoms with Crippen LogP contribution >= 0.6 is 0 Å². The third-order valence-electron chi connectivity index (χ3n) is 3.99. The van der Waals surface area contributed by atoms with Crippen LogP contribution in [0.3, 0.4) is 0 Å². The summed E-state index contributed by atoms with van der Waals surface area (Å²) in [5.41, 5.74) is 0.109. The van der Waals surface area contributed by atoms with Gasteiger partial charge in [0.05, 0.1) is 12.6 Å². The van der Waals surface area contributed by atoms with Gasteiger partial charge in [-0.05, 0) is 26.3 Å². The van der Waals surface area contributed by atoms with E-state index >= 15 is 0 Å². The molecule has 156 valence electrons. The molecule has 0 saturated carbocycles. The zero-order valence-corrected chi connectivity index (χ0v) is 16.3. The Kier molecular flexibility index (Phi) is 7.56. The fraction of sp³-hybridized carbons (Fsp3) is 0.579. The maximum atomic E-state index is 12.5. The van der Waals surface area contributed by atoms with E-state index in [1.54, 1.807) is 20.8 Å². The lowest BCUT2D eigenvalue weighted by Crippen LogP contribution is -2.59. The van der Waals surface area contributed by atoms with Crippen molar-refractivity contribution in [3.8, 4) is 0 Å². The second-order valence-electron chi connectivity index (χ2n) is 7.41. The van der Waals surface area contributed by atoms with Crippen LogP contribution in [0.2, 0.25) is 0 Å². The minimum absolute atomic E-state index is 0.0135. The van der Waals surface area contributed by atoms with Crippen LogP contribution in [0.15, 0.2) is 30.3 Å². The topological polar surface area (TPSA) is 68.3 Å². The number of nitrogens with zero attached hydrogens (tertiary/aromatic N) is 2. The molecule has 1 saturated heterocycles. The highest BCUT2D eigenvalue weighted by Crippen LogP contribution is 2.18. The van der Waals surface area contributed by atoms with E-state index in [1.165, 1.54) is 9.80 Å². The summed E-state index contributed by atoms with van der Waals surface area (Å²) in [5, 5.41) is 0. The molecule has 0 N–H and O–H groups in total. The lowest BCUT2D eigenvalue weighted by molar-refractivity contribution is -0.144. The first-order valence-corrected chi connectivity index (χ1v) is 9.00. The maximum absolute atomic E-state index is 12.5. The predicted molar refractivity (Wildman–Crippen MR) is 96.9 cm³/mol. The van der Waals surface area contributed by atoms with Crippen LogP contribution in [-0.4, -0.2) is 66.5 Å². The highest BCUT2D eigenvalue weighted by Gasteiger charge is 2.36. The van der Waals surface area contributed by atoms with Crippen molar-refractivity contribution in [1.82, 2.24) is 9.80 Å². The van der Waals surface area contributed by atoms with Crippen molar-refractivity contribution in [3.05, 3.63) is 35.9 Å². The number of carbonyl (C=O) groups excluding carboxylic acids is 2. The highest BCUT2D eigenvalue weighted by atomic mass is 19.3. The number of carbonyl (C=O) groups is 2. The lowest BCUT2D eigenvalue weighted by atomic mass is 10.2. The summed E-state index contributed by atoms with van der Waals surface area (Å²) in [7, 11) is 0. The molecule has 0 aromatic heterocycles. The van der Waals surface area contributed by atoms with E-state index in [-0.39, 0.29) is 26.2 Å². The molecule has 1 aliphatic heterocycles. The molecule has 1 aromatic rings. The molecule has 1 aromatic carbocycles. The Bertz CT molecular complexity index is 651. The van der Waals surface area contributed by atoms with Crippen molar-refractivity contribution < 1.29 is 32.6 Å². The molecular weight excluding hydrogens is 374 g/mol. The number of amides is 2. The van der Waals surface area contributed by atoms with Crippen molar-refractivity contribution in [2.45, 2.75) is 45.6 Å². The highest BCUT2D eigenvalue weighted by molar-refractivity contribution is 5.71. The molecule has 0 bridgehead atoms. The number of piperazine rings is 1. The number of halogens is 2. The van der Waals surface area contributed by atoms with Crippen molar-refractivity contribution >= 4 is 12.2 Å². The molecule has 2 rings (SSSR count). The van der Waals surface area contributed by atoms with Gasteiger partial charge in [0.25, 0.3) is 0 Å². The van der Waals surface area contributed by atoms with Crippen LogP contribution in [-0.2, 0) is 20.8 Å². The number of alkyl halides is 2. The third kappa shape index (κ3) is 6.95. The molecular formula is C19H26F2N2O5. The zero-order valence-electron chi connectivity index (χ0n) is 16.3. The number of ether oxygens (including phenoxy) is 3. The van der Waals surface area contributed by atoms with Crippen LogP contribution < -0.4 is 0 Å². The van der Waals surface area contributed by atoms with Gasteiger partial charge < -0.3 is 19.1 Å². The first-order chi connectivity index (χ1) is 13.2. The second kappa shape index (κ2) is 9.68. The summed E-state index contributed by atoms with van der Waals surface area (Å²) in [5.74, 6) is 0. The van der Waals surface area contributed by atoms with Crippen LogP contribution in [0.25, 0.3) is 0 Å².